The highest BCUT2D eigenvalue weighted by atomic mass is 16.3. The molecule has 4 heterocycles. The van der Waals surface area contributed by atoms with Crippen molar-refractivity contribution in [1.29, 1.82) is 0 Å². The van der Waals surface area contributed by atoms with Crippen LogP contribution in [0.5, 0.6) is 0 Å². The highest BCUT2D eigenvalue weighted by molar-refractivity contribution is 5.75. The highest BCUT2D eigenvalue weighted by Gasteiger charge is 2.41. The van der Waals surface area contributed by atoms with Gasteiger partial charge in [0, 0.05) is 24.3 Å². The van der Waals surface area contributed by atoms with Gasteiger partial charge in [0.1, 0.15) is 5.52 Å². The number of benzene rings is 1. The quantitative estimate of drug-likeness (QED) is 0.538. The Morgan fingerprint density at radius 2 is 1.78 bits per heavy atom. The molecule has 2 aliphatic rings. The monoisotopic (exact) mass is 425 g/mol. The van der Waals surface area contributed by atoms with Crippen molar-refractivity contribution in [3.63, 3.8) is 0 Å². The second-order valence-corrected chi connectivity index (χ2v) is 9.27. The number of aliphatic hydroxyl groups excluding tert-OH is 1. The number of aryl methyl sites for hydroxylation is 1. The summed E-state index contributed by atoms with van der Waals surface area (Å²) in [6, 6.07) is 16.6. The van der Waals surface area contributed by atoms with Crippen LogP contribution >= 0.6 is 0 Å². The Labute approximate surface area is 187 Å². The smallest absolute Gasteiger partial charge is 0.155 e. The van der Waals surface area contributed by atoms with Crippen LogP contribution in [0.1, 0.15) is 35.5 Å². The number of hydrogen-bond acceptors (Lipinski definition) is 5. The average Bonchev–Trinajstić information content (AvgIpc) is 3.44. The minimum Gasteiger partial charge on any atom is -0.390 e. The molecule has 6 nitrogen and oxygen atoms in total. The van der Waals surface area contributed by atoms with Crippen LogP contribution in [0.25, 0.3) is 16.8 Å². The third-order valence-corrected chi connectivity index (χ3v) is 7.27. The molecule has 0 bridgehead atoms. The van der Waals surface area contributed by atoms with E-state index in [-0.39, 0.29) is 12.0 Å². The number of fused-ring (bicyclic) bond motifs is 2. The number of rotatable bonds is 3. The van der Waals surface area contributed by atoms with Gasteiger partial charge in [-0.25, -0.2) is 9.50 Å². The minimum atomic E-state index is 0.0133. The number of pyridine rings is 1. The molecule has 1 saturated heterocycles. The van der Waals surface area contributed by atoms with Gasteiger partial charge in [0.2, 0.25) is 0 Å². The number of aromatic nitrogens is 4. The lowest BCUT2D eigenvalue weighted by atomic mass is 9.76. The molecule has 1 aliphatic carbocycles. The van der Waals surface area contributed by atoms with Gasteiger partial charge >= 0.3 is 0 Å². The fourth-order valence-electron chi connectivity index (χ4n) is 5.58. The molecule has 0 saturated carbocycles. The van der Waals surface area contributed by atoms with E-state index < -0.39 is 0 Å². The van der Waals surface area contributed by atoms with E-state index in [0.717, 1.165) is 72.8 Å². The van der Waals surface area contributed by atoms with Crippen molar-refractivity contribution >= 4 is 11.3 Å². The number of nitrogens with zero attached hydrogens (tertiary/aromatic N) is 5. The van der Waals surface area contributed by atoms with Crippen molar-refractivity contribution in [2.24, 2.45) is 5.41 Å². The molecule has 6 rings (SSSR count). The number of piperidine rings is 1. The molecular weight excluding hydrogens is 398 g/mol. The first-order valence-electron chi connectivity index (χ1n) is 11.4. The maximum absolute atomic E-state index is 9.43. The van der Waals surface area contributed by atoms with Crippen LogP contribution < -0.4 is 4.90 Å². The number of anilines is 1. The zero-order valence-corrected chi connectivity index (χ0v) is 18.3. The summed E-state index contributed by atoms with van der Waals surface area (Å²) in [5, 5.41) is 14.1. The van der Waals surface area contributed by atoms with Crippen molar-refractivity contribution in [2.45, 2.75) is 39.2 Å². The Morgan fingerprint density at radius 1 is 0.969 bits per heavy atom. The van der Waals surface area contributed by atoms with Crippen LogP contribution in [0.2, 0.25) is 0 Å². The third-order valence-electron chi connectivity index (χ3n) is 7.27. The van der Waals surface area contributed by atoms with Gasteiger partial charge in [-0.15, -0.1) is 0 Å². The number of hydrogen-bond donors (Lipinski definition) is 1. The lowest BCUT2D eigenvalue weighted by Gasteiger charge is -2.40. The van der Waals surface area contributed by atoms with E-state index >= 15 is 0 Å². The van der Waals surface area contributed by atoms with E-state index in [0.29, 0.717) is 0 Å². The molecule has 1 aliphatic heterocycles. The lowest BCUT2D eigenvalue weighted by molar-refractivity contribution is 0.231. The Morgan fingerprint density at radius 3 is 2.56 bits per heavy atom. The molecule has 1 fully saturated rings. The second kappa shape index (κ2) is 7.41. The molecular formula is C26H27N5O. The van der Waals surface area contributed by atoms with Gasteiger partial charge in [-0.05, 0) is 55.7 Å². The normalized spacial score (nSPS) is 17.2. The first-order chi connectivity index (χ1) is 15.7. The Balaban J connectivity index is 1.28. The van der Waals surface area contributed by atoms with E-state index in [4.69, 9.17) is 9.97 Å². The summed E-state index contributed by atoms with van der Waals surface area (Å²) in [5.74, 6) is 1.03. The predicted molar refractivity (Wildman–Crippen MR) is 125 cm³/mol. The highest BCUT2D eigenvalue weighted by Crippen LogP contribution is 2.45. The third kappa shape index (κ3) is 3.09. The van der Waals surface area contributed by atoms with Gasteiger partial charge in [0.15, 0.2) is 5.82 Å². The maximum atomic E-state index is 9.43. The summed E-state index contributed by atoms with van der Waals surface area (Å²) in [6.07, 6.45) is 6.23. The van der Waals surface area contributed by atoms with Crippen LogP contribution in [-0.2, 0) is 19.4 Å². The first-order valence-corrected chi connectivity index (χ1v) is 11.4. The van der Waals surface area contributed by atoms with Gasteiger partial charge in [0.05, 0.1) is 29.9 Å². The summed E-state index contributed by atoms with van der Waals surface area (Å²) in [5.41, 5.74) is 7.86. The Kier molecular flexibility index (Phi) is 4.50. The van der Waals surface area contributed by atoms with Gasteiger partial charge < -0.3 is 10.0 Å². The van der Waals surface area contributed by atoms with E-state index in [1.54, 1.807) is 0 Å². The van der Waals surface area contributed by atoms with Crippen LogP contribution in [0, 0.1) is 12.3 Å². The predicted octanol–water partition coefficient (Wildman–Crippen LogP) is 3.98. The standard InChI is InChI=1S/C26H27N5O/c1-18-24(19-5-3-2-4-6-19)31-23(9-12-27-31)25(28-18)30-13-10-26(11-14-30)15-20-7-8-21(17-32)29-22(20)16-26/h2-9,12,32H,10-11,13-17H2,1H3. The van der Waals surface area contributed by atoms with E-state index in [9.17, 15) is 5.11 Å². The molecule has 1 aromatic carbocycles. The largest absolute Gasteiger partial charge is 0.390 e. The molecule has 0 unspecified atom stereocenters. The fourth-order valence-corrected chi connectivity index (χ4v) is 5.58. The Bertz CT molecular complexity index is 1290. The zero-order valence-electron chi connectivity index (χ0n) is 18.3. The minimum absolute atomic E-state index is 0.0133. The topological polar surface area (TPSA) is 66.5 Å². The average molecular weight is 426 g/mol. The van der Waals surface area contributed by atoms with Crippen molar-refractivity contribution < 1.29 is 5.11 Å². The molecule has 0 radical (unpaired) electrons. The van der Waals surface area contributed by atoms with Crippen molar-refractivity contribution in [3.05, 3.63) is 77.4 Å². The zero-order chi connectivity index (χ0) is 21.7. The maximum Gasteiger partial charge on any atom is 0.155 e. The van der Waals surface area contributed by atoms with Crippen molar-refractivity contribution in [1.82, 2.24) is 19.6 Å². The van der Waals surface area contributed by atoms with E-state index in [1.807, 2.05) is 22.8 Å². The van der Waals surface area contributed by atoms with Gasteiger partial charge in [-0.2, -0.15) is 5.10 Å². The summed E-state index contributed by atoms with van der Waals surface area (Å²) in [6.45, 7) is 4.06. The van der Waals surface area contributed by atoms with Gasteiger partial charge in [0.25, 0.3) is 0 Å². The van der Waals surface area contributed by atoms with E-state index in [2.05, 4.69) is 53.3 Å². The van der Waals surface area contributed by atoms with E-state index in [1.165, 1.54) is 11.3 Å². The van der Waals surface area contributed by atoms with Crippen LogP contribution in [0.15, 0.2) is 54.7 Å². The molecule has 3 aromatic heterocycles. The number of aliphatic hydroxyl groups is 1. The molecule has 162 valence electrons. The lowest BCUT2D eigenvalue weighted by Crippen LogP contribution is -2.41. The summed E-state index contributed by atoms with van der Waals surface area (Å²) in [4.78, 5) is 12.2. The van der Waals surface area contributed by atoms with Crippen molar-refractivity contribution in [3.8, 4) is 11.3 Å². The van der Waals surface area contributed by atoms with Crippen molar-refractivity contribution in [2.75, 3.05) is 18.0 Å². The van der Waals surface area contributed by atoms with Gasteiger partial charge in [-0.1, -0.05) is 36.4 Å². The molecule has 1 N–H and O–H groups in total. The molecule has 1 spiro atoms. The molecule has 32 heavy (non-hydrogen) atoms. The van der Waals surface area contributed by atoms with Crippen LogP contribution in [0.3, 0.4) is 0 Å². The van der Waals surface area contributed by atoms with Gasteiger partial charge in [-0.3, -0.25) is 4.98 Å². The summed E-state index contributed by atoms with van der Waals surface area (Å²) in [7, 11) is 0. The first kappa shape index (κ1) is 19.4. The fraction of sp³-hybridized carbons (Fsp3) is 0.346. The Hall–Kier alpha value is -3.25. The molecule has 0 atom stereocenters. The molecule has 0 amide bonds. The summed E-state index contributed by atoms with van der Waals surface area (Å²) >= 11 is 0. The second-order valence-electron chi connectivity index (χ2n) is 9.27. The molecule has 6 heteroatoms. The molecule has 4 aromatic rings. The van der Waals surface area contributed by atoms with Crippen LogP contribution in [-0.4, -0.2) is 37.8 Å². The summed E-state index contributed by atoms with van der Waals surface area (Å²) < 4.78 is 2.04. The van der Waals surface area contributed by atoms with Crippen LogP contribution in [0.4, 0.5) is 5.82 Å². The SMILES string of the molecule is Cc1nc(N2CCC3(CC2)Cc2ccc(CO)nc2C3)c2ccnn2c1-c1ccccc1.